The van der Waals surface area contributed by atoms with Gasteiger partial charge >= 0.3 is 0 Å². The minimum absolute atomic E-state index is 0.113. The minimum Gasteiger partial charge on any atom is -0.392 e. The highest BCUT2D eigenvalue weighted by molar-refractivity contribution is 9.10. The molecule has 0 amide bonds. The number of sulfonamides is 1. The lowest BCUT2D eigenvalue weighted by atomic mass is 10.3. The van der Waals surface area contributed by atoms with E-state index in [9.17, 15) is 12.8 Å². The Morgan fingerprint density at radius 1 is 1.61 bits per heavy atom. The van der Waals surface area contributed by atoms with Gasteiger partial charge < -0.3 is 5.73 Å². The number of hydrogen-bond donors (Lipinski definition) is 2. The van der Waals surface area contributed by atoms with Crippen molar-refractivity contribution in [1.82, 2.24) is 0 Å². The Morgan fingerprint density at radius 3 is 2.72 bits per heavy atom. The Kier molecular flexibility index (Phi) is 5.06. The van der Waals surface area contributed by atoms with E-state index in [0.29, 0.717) is 4.47 Å². The molecule has 0 aliphatic heterocycles. The lowest BCUT2D eigenvalue weighted by Crippen LogP contribution is -2.37. The summed E-state index contributed by atoms with van der Waals surface area (Å²) in [5.74, 6) is -0.542. The van der Waals surface area contributed by atoms with Crippen molar-refractivity contribution in [1.29, 1.82) is 0 Å². The van der Waals surface area contributed by atoms with Gasteiger partial charge in [0.05, 0.1) is 10.7 Å². The predicted molar refractivity (Wildman–Crippen MR) is 77.5 cm³/mol. The van der Waals surface area contributed by atoms with Crippen LogP contribution in [0.15, 0.2) is 22.7 Å². The van der Waals surface area contributed by atoms with Gasteiger partial charge in [-0.25, -0.2) is 12.8 Å². The number of anilines is 1. The van der Waals surface area contributed by atoms with Crippen LogP contribution in [0.3, 0.4) is 0 Å². The second-order valence-electron chi connectivity index (χ2n) is 3.57. The monoisotopic (exact) mass is 354 g/mol. The first-order chi connectivity index (χ1) is 8.27. The summed E-state index contributed by atoms with van der Waals surface area (Å²) in [5, 5.41) is -0.984. The van der Waals surface area contributed by atoms with Crippen molar-refractivity contribution in [2.75, 3.05) is 4.72 Å². The van der Waals surface area contributed by atoms with E-state index in [1.54, 1.807) is 6.92 Å². The Labute approximate surface area is 119 Å². The summed E-state index contributed by atoms with van der Waals surface area (Å²) in [6, 6.07) is 3.70. The summed E-state index contributed by atoms with van der Waals surface area (Å²) in [6.45, 7) is 1.66. The van der Waals surface area contributed by atoms with E-state index in [1.807, 2.05) is 0 Å². The third kappa shape index (κ3) is 3.63. The second kappa shape index (κ2) is 5.94. The van der Waals surface area contributed by atoms with E-state index in [4.69, 9.17) is 18.0 Å². The van der Waals surface area contributed by atoms with E-state index in [0.717, 1.165) is 6.07 Å². The highest BCUT2D eigenvalue weighted by Gasteiger charge is 2.27. The molecule has 0 saturated heterocycles. The smallest absolute Gasteiger partial charge is 0.242 e. The Balaban J connectivity index is 3.09. The zero-order valence-electron chi connectivity index (χ0n) is 9.48. The summed E-state index contributed by atoms with van der Waals surface area (Å²) in [4.78, 5) is -0.113. The molecule has 0 fully saturated rings. The van der Waals surface area contributed by atoms with Crippen molar-refractivity contribution in [3.8, 4) is 0 Å². The zero-order chi connectivity index (χ0) is 13.9. The number of nitrogens with one attached hydrogen (secondary N) is 1. The fraction of sp³-hybridized carbons (Fsp3) is 0.300. The van der Waals surface area contributed by atoms with Gasteiger partial charge in [0.25, 0.3) is 0 Å². The molecule has 0 radical (unpaired) electrons. The lowest BCUT2D eigenvalue weighted by molar-refractivity contribution is 0.594. The van der Waals surface area contributed by atoms with Gasteiger partial charge in [0.2, 0.25) is 10.0 Å². The van der Waals surface area contributed by atoms with Crippen molar-refractivity contribution in [3.63, 3.8) is 0 Å². The van der Waals surface area contributed by atoms with Crippen LogP contribution in [-0.4, -0.2) is 18.7 Å². The van der Waals surface area contributed by atoms with Gasteiger partial charge in [-0.1, -0.05) is 19.1 Å². The average Bonchev–Trinajstić information content (AvgIpc) is 2.22. The quantitative estimate of drug-likeness (QED) is 0.796. The van der Waals surface area contributed by atoms with Crippen molar-refractivity contribution in [2.45, 2.75) is 18.6 Å². The Bertz CT molecular complexity index is 563. The summed E-state index contributed by atoms with van der Waals surface area (Å²) >= 11 is 7.85. The highest BCUT2D eigenvalue weighted by Crippen LogP contribution is 2.25. The van der Waals surface area contributed by atoms with Crippen LogP contribution >= 0.6 is 28.1 Å². The number of rotatable bonds is 5. The van der Waals surface area contributed by atoms with E-state index in [1.165, 1.54) is 12.1 Å². The van der Waals surface area contributed by atoms with Gasteiger partial charge in [0, 0.05) is 4.47 Å². The molecule has 1 atom stereocenters. The Hall–Kier alpha value is -0.730. The molecule has 0 heterocycles. The molecule has 18 heavy (non-hydrogen) atoms. The third-order valence-corrected chi connectivity index (χ3v) is 5.21. The van der Waals surface area contributed by atoms with Crippen LogP contribution in [0, 0.1) is 5.82 Å². The molecule has 0 aliphatic rings. The first-order valence-electron chi connectivity index (χ1n) is 5.04. The van der Waals surface area contributed by atoms with Gasteiger partial charge in [0.1, 0.15) is 11.1 Å². The van der Waals surface area contributed by atoms with Crippen LogP contribution in [0.1, 0.15) is 13.3 Å². The fourth-order valence-corrected chi connectivity index (χ4v) is 3.76. The van der Waals surface area contributed by atoms with Gasteiger partial charge in [-0.05, 0) is 40.5 Å². The lowest BCUT2D eigenvalue weighted by Gasteiger charge is -2.16. The van der Waals surface area contributed by atoms with Gasteiger partial charge in [-0.15, -0.1) is 0 Å². The first kappa shape index (κ1) is 15.3. The molecule has 0 spiro atoms. The molecule has 1 unspecified atom stereocenters. The topological polar surface area (TPSA) is 72.2 Å². The van der Waals surface area contributed by atoms with E-state index >= 15 is 0 Å². The summed E-state index contributed by atoms with van der Waals surface area (Å²) in [5.41, 5.74) is 5.50. The molecule has 8 heteroatoms. The molecule has 0 aromatic heterocycles. The molecule has 100 valence electrons. The fourth-order valence-electron chi connectivity index (χ4n) is 1.37. The molecule has 3 N–H and O–H groups in total. The minimum atomic E-state index is -3.78. The van der Waals surface area contributed by atoms with Crippen molar-refractivity contribution >= 4 is 48.8 Å². The number of hydrogen-bond acceptors (Lipinski definition) is 3. The molecule has 0 bridgehead atoms. The molecule has 0 aliphatic carbocycles. The number of halogens is 2. The first-order valence-corrected chi connectivity index (χ1v) is 7.78. The molecular weight excluding hydrogens is 343 g/mol. The standard InChI is InChI=1S/C10H12BrFN2O2S2/c1-2-9(10(13)17)18(15,16)14-8-5-6(12)3-4-7(8)11/h3-5,9,14H,2H2,1H3,(H2,13,17). The van der Waals surface area contributed by atoms with E-state index < -0.39 is 21.1 Å². The summed E-state index contributed by atoms with van der Waals surface area (Å²) in [7, 11) is -3.78. The SMILES string of the molecule is CCC(C(N)=S)S(=O)(=O)Nc1cc(F)ccc1Br. The van der Waals surface area contributed by atoms with Crippen LogP contribution in [0.2, 0.25) is 0 Å². The van der Waals surface area contributed by atoms with Crippen LogP contribution < -0.4 is 10.5 Å². The van der Waals surface area contributed by atoms with Gasteiger partial charge in [-0.2, -0.15) is 0 Å². The normalized spacial score (nSPS) is 13.1. The Morgan fingerprint density at radius 2 is 2.22 bits per heavy atom. The number of benzene rings is 1. The predicted octanol–water partition coefficient (Wildman–Crippen LogP) is 2.39. The van der Waals surface area contributed by atoms with Crippen LogP contribution in [0.4, 0.5) is 10.1 Å². The number of thiocarbonyl (C=S) groups is 1. The van der Waals surface area contributed by atoms with Crippen molar-refractivity contribution in [3.05, 3.63) is 28.5 Å². The maximum absolute atomic E-state index is 13.1. The van der Waals surface area contributed by atoms with Gasteiger partial charge in [-0.3, -0.25) is 4.72 Å². The van der Waals surface area contributed by atoms with Crippen molar-refractivity contribution < 1.29 is 12.8 Å². The van der Waals surface area contributed by atoms with E-state index in [2.05, 4.69) is 20.7 Å². The summed E-state index contributed by atoms with van der Waals surface area (Å²) < 4.78 is 39.8. The second-order valence-corrected chi connectivity index (χ2v) is 6.76. The molecule has 1 aromatic carbocycles. The number of nitrogens with two attached hydrogens (primary N) is 1. The van der Waals surface area contributed by atoms with Gasteiger partial charge in [0.15, 0.2) is 0 Å². The molecule has 1 rings (SSSR count). The largest absolute Gasteiger partial charge is 0.392 e. The molecule has 0 saturated carbocycles. The maximum atomic E-state index is 13.1. The van der Waals surface area contributed by atoms with Crippen LogP contribution in [-0.2, 0) is 10.0 Å². The molecular formula is C10H12BrFN2O2S2. The molecule has 4 nitrogen and oxygen atoms in total. The maximum Gasteiger partial charge on any atom is 0.242 e. The molecule has 1 aromatic rings. The van der Waals surface area contributed by atoms with E-state index in [-0.39, 0.29) is 17.1 Å². The van der Waals surface area contributed by atoms with Crippen LogP contribution in [0.25, 0.3) is 0 Å². The van der Waals surface area contributed by atoms with Crippen molar-refractivity contribution in [2.24, 2.45) is 5.73 Å². The highest BCUT2D eigenvalue weighted by atomic mass is 79.9. The third-order valence-electron chi connectivity index (χ3n) is 2.24. The summed E-state index contributed by atoms with van der Waals surface area (Å²) in [6.07, 6.45) is 0.248. The zero-order valence-corrected chi connectivity index (χ0v) is 12.7. The average molecular weight is 355 g/mol. The van der Waals surface area contributed by atoms with Crippen LogP contribution in [0.5, 0.6) is 0 Å².